The molecule has 6 nitrogen and oxygen atoms in total. The number of hydrogen-bond acceptors (Lipinski definition) is 4. The second kappa shape index (κ2) is 8.04. The topological polar surface area (TPSA) is 74.6 Å². The molecule has 138 valence electrons. The van der Waals surface area contributed by atoms with E-state index in [9.17, 15) is 9.59 Å². The van der Waals surface area contributed by atoms with Gasteiger partial charge in [-0.15, -0.1) is 0 Å². The van der Waals surface area contributed by atoms with Gasteiger partial charge >= 0.3 is 0 Å². The molecular weight excluding hydrogens is 318 g/mol. The molecule has 1 aromatic rings. The third-order valence-corrected chi connectivity index (χ3v) is 4.93. The highest BCUT2D eigenvalue weighted by molar-refractivity contribution is 5.95. The van der Waals surface area contributed by atoms with Crippen molar-refractivity contribution in [3.63, 3.8) is 0 Å². The summed E-state index contributed by atoms with van der Waals surface area (Å²) >= 11 is 0. The molecule has 0 radical (unpaired) electrons. The van der Waals surface area contributed by atoms with E-state index in [0.29, 0.717) is 6.54 Å². The van der Waals surface area contributed by atoms with Gasteiger partial charge in [0.25, 0.3) is 5.91 Å². The van der Waals surface area contributed by atoms with Crippen molar-refractivity contribution in [2.24, 2.45) is 11.8 Å². The summed E-state index contributed by atoms with van der Waals surface area (Å²) in [4.78, 5) is 27.2. The van der Waals surface area contributed by atoms with Gasteiger partial charge in [0.1, 0.15) is 6.04 Å². The number of furan rings is 1. The molecule has 2 amide bonds. The first kappa shape index (κ1) is 18.0. The van der Waals surface area contributed by atoms with E-state index in [1.807, 2.05) is 13.8 Å². The molecular formula is C19H29N3O3. The highest BCUT2D eigenvalue weighted by atomic mass is 16.3. The van der Waals surface area contributed by atoms with Crippen LogP contribution in [0.15, 0.2) is 22.8 Å². The zero-order valence-corrected chi connectivity index (χ0v) is 15.2. The molecule has 2 N–H and O–H groups in total. The largest absolute Gasteiger partial charge is 0.459 e. The molecule has 3 rings (SSSR count). The van der Waals surface area contributed by atoms with E-state index >= 15 is 0 Å². The summed E-state index contributed by atoms with van der Waals surface area (Å²) in [6, 6.07) is 3.41. The molecule has 0 unspecified atom stereocenters. The van der Waals surface area contributed by atoms with Gasteiger partial charge in [0, 0.05) is 25.7 Å². The maximum Gasteiger partial charge on any atom is 0.287 e. The zero-order valence-electron chi connectivity index (χ0n) is 15.2. The predicted molar refractivity (Wildman–Crippen MR) is 95.1 cm³/mol. The molecule has 1 aromatic heterocycles. The third kappa shape index (κ3) is 5.33. The molecule has 0 aromatic carbocycles. The first-order valence-corrected chi connectivity index (χ1v) is 9.40. The Morgan fingerprint density at radius 1 is 1.28 bits per heavy atom. The minimum Gasteiger partial charge on any atom is -0.459 e. The van der Waals surface area contributed by atoms with Gasteiger partial charge in [-0.25, -0.2) is 0 Å². The van der Waals surface area contributed by atoms with E-state index in [4.69, 9.17) is 4.42 Å². The van der Waals surface area contributed by atoms with E-state index in [0.717, 1.165) is 18.5 Å². The molecule has 2 aliphatic carbocycles. The second-order valence-corrected chi connectivity index (χ2v) is 7.63. The van der Waals surface area contributed by atoms with Gasteiger partial charge < -0.3 is 15.1 Å². The summed E-state index contributed by atoms with van der Waals surface area (Å²) in [5, 5.41) is 5.77. The molecule has 2 aliphatic rings. The quantitative estimate of drug-likeness (QED) is 0.679. The Morgan fingerprint density at radius 3 is 2.60 bits per heavy atom. The van der Waals surface area contributed by atoms with Crippen molar-refractivity contribution in [2.45, 2.75) is 51.6 Å². The fourth-order valence-corrected chi connectivity index (χ4v) is 3.08. The Balaban J connectivity index is 1.45. The molecule has 1 heterocycles. The van der Waals surface area contributed by atoms with Crippen LogP contribution >= 0.6 is 0 Å². The number of nitrogens with one attached hydrogen (secondary N) is 2. The number of amides is 2. The summed E-state index contributed by atoms with van der Waals surface area (Å²) in [5.74, 6) is 0.615. The van der Waals surface area contributed by atoms with Crippen molar-refractivity contribution in [3.05, 3.63) is 24.2 Å². The Labute approximate surface area is 149 Å². The number of carbonyl (C=O) groups excluding carboxylic acids is 2. The Morgan fingerprint density at radius 2 is 2.04 bits per heavy atom. The van der Waals surface area contributed by atoms with Crippen LogP contribution in [0.5, 0.6) is 0 Å². The van der Waals surface area contributed by atoms with Crippen LogP contribution in [0.1, 0.15) is 50.1 Å². The van der Waals surface area contributed by atoms with Crippen LogP contribution in [0.2, 0.25) is 0 Å². The number of hydrogen-bond donors (Lipinski definition) is 2. The minimum absolute atomic E-state index is 0.00455. The summed E-state index contributed by atoms with van der Waals surface area (Å²) in [5.41, 5.74) is 0. The predicted octanol–water partition coefficient (Wildman–Crippen LogP) is 2.02. The SMILES string of the molecule is CC(C)[C@H](NC(=O)c1ccco1)C(=O)NCCN(CC1CC1)C1CC1. The molecule has 0 spiro atoms. The fourth-order valence-electron chi connectivity index (χ4n) is 3.08. The van der Waals surface area contributed by atoms with Gasteiger partial charge in [0.05, 0.1) is 6.26 Å². The molecule has 1 atom stereocenters. The Kier molecular flexibility index (Phi) is 5.78. The summed E-state index contributed by atoms with van der Waals surface area (Å²) in [6.45, 7) is 6.54. The van der Waals surface area contributed by atoms with Crippen molar-refractivity contribution in [1.82, 2.24) is 15.5 Å². The maximum atomic E-state index is 12.5. The molecule has 0 saturated heterocycles. The van der Waals surface area contributed by atoms with E-state index < -0.39 is 6.04 Å². The van der Waals surface area contributed by atoms with Crippen molar-refractivity contribution >= 4 is 11.8 Å². The maximum absolute atomic E-state index is 12.5. The van der Waals surface area contributed by atoms with Crippen LogP contribution in [-0.4, -0.2) is 48.4 Å². The molecule has 6 heteroatoms. The smallest absolute Gasteiger partial charge is 0.287 e. The second-order valence-electron chi connectivity index (χ2n) is 7.63. The number of carbonyl (C=O) groups is 2. The lowest BCUT2D eigenvalue weighted by molar-refractivity contribution is -0.124. The van der Waals surface area contributed by atoms with Crippen molar-refractivity contribution in [2.75, 3.05) is 19.6 Å². The normalized spacial score (nSPS) is 18.4. The number of rotatable bonds is 10. The van der Waals surface area contributed by atoms with E-state index in [1.54, 1.807) is 12.1 Å². The van der Waals surface area contributed by atoms with Gasteiger partial charge in [-0.1, -0.05) is 13.8 Å². The van der Waals surface area contributed by atoms with E-state index in [1.165, 1.54) is 38.5 Å². The third-order valence-electron chi connectivity index (χ3n) is 4.93. The van der Waals surface area contributed by atoms with Crippen LogP contribution in [0, 0.1) is 11.8 Å². The Bertz CT molecular complexity index is 577. The monoisotopic (exact) mass is 347 g/mol. The van der Waals surface area contributed by atoms with E-state index in [2.05, 4.69) is 15.5 Å². The average molecular weight is 347 g/mol. The highest BCUT2D eigenvalue weighted by Gasteiger charge is 2.33. The molecule has 2 fully saturated rings. The summed E-state index contributed by atoms with van der Waals surface area (Å²) < 4.78 is 5.09. The Hall–Kier alpha value is -1.82. The van der Waals surface area contributed by atoms with Crippen LogP contribution in [0.3, 0.4) is 0 Å². The lowest BCUT2D eigenvalue weighted by Gasteiger charge is -2.24. The van der Waals surface area contributed by atoms with Crippen molar-refractivity contribution in [3.8, 4) is 0 Å². The van der Waals surface area contributed by atoms with Crippen LogP contribution in [-0.2, 0) is 4.79 Å². The van der Waals surface area contributed by atoms with Crippen molar-refractivity contribution in [1.29, 1.82) is 0 Å². The summed E-state index contributed by atoms with van der Waals surface area (Å²) in [6.07, 6.45) is 6.72. The van der Waals surface area contributed by atoms with Gasteiger partial charge in [0.15, 0.2) is 5.76 Å². The first-order chi connectivity index (χ1) is 12.0. The molecule has 0 aliphatic heterocycles. The standard InChI is InChI=1S/C19H29N3O3/c1-13(2)17(21-18(23)16-4-3-11-25-16)19(24)20-9-10-22(15-7-8-15)12-14-5-6-14/h3-4,11,13-15,17H,5-10,12H2,1-2H3,(H,20,24)(H,21,23)/t17-/m0/s1. The minimum atomic E-state index is -0.560. The highest BCUT2D eigenvalue weighted by Crippen LogP contribution is 2.34. The van der Waals surface area contributed by atoms with Gasteiger partial charge in [-0.3, -0.25) is 14.5 Å². The average Bonchev–Trinajstić information content (AvgIpc) is 3.50. The molecule has 0 bridgehead atoms. The van der Waals surface area contributed by atoms with Crippen molar-refractivity contribution < 1.29 is 14.0 Å². The first-order valence-electron chi connectivity index (χ1n) is 9.40. The lowest BCUT2D eigenvalue weighted by Crippen LogP contribution is -2.51. The van der Waals surface area contributed by atoms with Crippen LogP contribution in [0.25, 0.3) is 0 Å². The van der Waals surface area contributed by atoms with Crippen LogP contribution in [0.4, 0.5) is 0 Å². The molecule has 25 heavy (non-hydrogen) atoms. The van der Waals surface area contributed by atoms with Gasteiger partial charge in [-0.05, 0) is 49.7 Å². The van der Waals surface area contributed by atoms with Crippen LogP contribution < -0.4 is 10.6 Å². The van der Waals surface area contributed by atoms with E-state index in [-0.39, 0.29) is 23.5 Å². The summed E-state index contributed by atoms with van der Waals surface area (Å²) in [7, 11) is 0. The fraction of sp³-hybridized carbons (Fsp3) is 0.684. The van der Waals surface area contributed by atoms with Gasteiger partial charge in [-0.2, -0.15) is 0 Å². The van der Waals surface area contributed by atoms with Gasteiger partial charge in [0.2, 0.25) is 5.91 Å². The molecule has 2 saturated carbocycles. The number of nitrogens with zero attached hydrogens (tertiary/aromatic N) is 1. The zero-order chi connectivity index (χ0) is 17.8. The lowest BCUT2D eigenvalue weighted by atomic mass is 10.0.